The molecular formula is C20H18N2O2. The summed E-state index contributed by atoms with van der Waals surface area (Å²) in [7, 11) is 0. The number of phenolic OH excluding ortho intramolecular Hbond substituents is 1. The van der Waals surface area contributed by atoms with Gasteiger partial charge in [0.1, 0.15) is 17.1 Å². The van der Waals surface area contributed by atoms with Crippen molar-refractivity contribution in [3.05, 3.63) is 77.2 Å². The third kappa shape index (κ3) is 2.71. The number of rotatable bonds is 2. The molecule has 1 aliphatic heterocycles. The molecule has 0 amide bonds. The summed E-state index contributed by atoms with van der Waals surface area (Å²) < 4.78 is 5.52. The summed E-state index contributed by atoms with van der Waals surface area (Å²) in [5.74, 6) is 1.34. The molecule has 0 saturated heterocycles. The average molecular weight is 318 g/mol. The van der Waals surface area contributed by atoms with E-state index in [0.717, 1.165) is 41.3 Å². The van der Waals surface area contributed by atoms with Crippen LogP contribution in [0.4, 0.5) is 5.69 Å². The minimum Gasteiger partial charge on any atom is -0.508 e. The Morgan fingerprint density at radius 1 is 1.00 bits per heavy atom. The van der Waals surface area contributed by atoms with Crippen molar-refractivity contribution in [2.24, 2.45) is 4.99 Å². The van der Waals surface area contributed by atoms with Crippen molar-refractivity contribution in [3.8, 4) is 5.75 Å². The molecule has 0 spiro atoms. The number of aliphatic imine (C=N–C) groups is 1. The lowest BCUT2D eigenvalue weighted by atomic mass is 9.88. The lowest BCUT2D eigenvalue weighted by Crippen LogP contribution is -2.09. The Labute approximate surface area is 140 Å². The van der Waals surface area contributed by atoms with Crippen molar-refractivity contribution in [1.29, 1.82) is 0 Å². The summed E-state index contributed by atoms with van der Waals surface area (Å²) in [5, 5.41) is 13.6. The van der Waals surface area contributed by atoms with E-state index >= 15 is 0 Å². The molecule has 120 valence electrons. The second kappa shape index (κ2) is 5.96. The van der Waals surface area contributed by atoms with Crippen molar-refractivity contribution in [3.63, 3.8) is 0 Å². The van der Waals surface area contributed by atoms with E-state index in [1.807, 2.05) is 37.3 Å². The van der Waals surface area contributed by atoms with E-state index in [4.69, 9.17) is 9.52 Å². The SMILES string of the molecule is Cc1noc2c1N=C(c1ccccc1)C[C@H](c1ccc(O)cc1)C2. The number of aromatic hydroxyl groups is 1. The van der Waals surface area contributed by atoms with Gasteiger partial charge in [0.2, 0.25) is 0 Å². The molecule has 4 rings (SSSR count). The van der Waals surface area contributed by atoms with E-state index < -0.39 is 0 Å². The van der Waals surface area contributed by atoms with Crippen LogP contribution in [0, 0.1) is 6.92 Å². The molecule has 4 heteroatoms. The number of hydrogen-bond donors (Lipinski definition) is 1. The van der Waals surface area contributed by atoms with Gasteiger partial charge in [-0.2, -0.15) is 0 Å². The number of hydrogen-bond acceptors (Lipinski definition) is 4. The molecule has 1 aliphatic rings. The third-order valence-electron chi connectivity index (χ3n) is 4.49. The molecule has 1 aromatic heterocycles. The molecule has 0 radical (unpaired) electrons. The van der Waals surface area contributed by atoms with Crippen LogP contribution in [0.5, 0.6) is 5.75 Å². The fourth-order valence-electron chi connectivity index (χ4n) is 3.19. The van der Waals surface area contributed by atoms with Gasteiger partial charge in [-0.05, 0) is 42.5 Å². The van der Waals surface area contributed by atoms with Gasteiger partial charge >= 0.3 is 0 Å². The molecule has 0 fully saturated rings. The molecule has 4 nitrogen and oxygen atoms in total. The van der Waals surface area contributed by atoms with Gasteiger partial charge in [0.15, 0.2) is 5.76 Å². The Kier molecular flexibility index (Phi) is 3.65. The summed E-state index contributed by atoms with van der Waals surface area (Å²) in [6.45, 7) is 1.93. The van der Waals surface area contributed by atoms with Crippen LogP contribution in [0.25, 0.3) is 0 Å². The Morgan fingerprint density at radius 2 is 1.75 bits per heavy atom. The van der Waals surface area contributed by atoms with Crippen molar-refractivity contribution < 1.29 is 9.63 Å². The molecule has 2 heterocycles. The van der Waals surface area contributed by atoms with Crippen LogP contribution < -0.4 is 0 Å². The molecule has 0 saturated carbocycles. The number of aromatic nitrogens is 1. The molecule has 0 aliphatic carbocycles. The molecule has 24 heavy (non-hydrogen) atoms. The van der Waals surface area contributed by atoms with E-state index in [2.05, 4.69) is 17.3 Å². The maximum atomic E-state index is 9.55. The minimum atomic E-state index is 0.234. The second-order valence-corrected chi connectivity index (χ2v) is 6.16. The minimum absolute atomic E-state index is 0.234. The fourth-order valence-corrected chi connectivity index (χ4v) is 3.19. The molecule has 1 atom stereocenters. The lowest BCUT2D eigenvalue weighted by Gasteiger charge is -2.15. The third-order valence-corrected chi connectivity index (χ3v) is 4.49. The molecule has 2 aromatic carbocycles. The maximum Gasteiger partial charge on any atom is 0.163 e. The summed E-state index contributed by atoms with van der Waals surface area (Å²) in [6, 6.07) is 17.6. The highest BCUT2D eigenvalue weighted by atomic mass is 16.5. The Hall–Kier alpha value is -2.88. The van der Waals surface area contributed by atoms with Crippen molar-refractivity contribution >= 4 is 11.4 Å². The van der Waals surface area contributed by atoms with Crippen LogP contribution >= 0.6 is 0 Å². The van der Waals surface area contributed by atoms with Crippen molar-refractivity contribution in [2.45, 2.75) is 25.7 Å². The summed E-state index contributed by atoms with van der Waals surface area (Å²) in [5.41, 5.74) is 5.01. The zero-order valence-corrected chi connectivity index (χ0v) is 13.4. The van der Waals surface area contributed by atoms with Gasteiger partial charge < -0.3 is 9.63 Å². The lowest BCUT2D eigenvalue weighted by molar-refractivity contribution is 0.373. The predicted molar refractivity (Wildman–Crippen MR) is 93.0 cm³/mol. The zero-order valence-electron chi connectivity index (χ0n) is 13.4. The van der Waals surface area contributed by atoms with Crippen LogP contribution in [0.15, 0.2) is 64.1 Å². The van der Waals surface area contributed by atoms with Crippen molar-refractivity contribution in [1.82, 2.24) is 5.16 Å². The van der Waals surface area contributed by atoms with Gasteiger partial charge in [0.25, 0.3) is 0 Å². The molecule has 3 aromatic rings. The van der Waals surface area contributed by atoms with Crippen molar-refractivity contribution in [2.75, 3.05) is 0 Å². The standard InChI is InChI=1S/C20H18N2O2/c1-13-20-19(24-22-13)12-16(14-7-9-17(23)10-8-14)11-18(21-20)15-5-3-2-4-6-15/h2-10,16,23H,11-12H2,1H3/t16-/m0/s1. The van der Waals surface area contributed by atoms with Gasteiger partial charge in [-0.3, -0.25) is 0 Å². The number of fused-ring (bicyclic) bond motifs is 1. The van der Waals surface area contributed by atoms with Crippen LogP contribution in [0.2, 0.25) is 0 Å². The average Bonchev–Trinajstić information content (AvgIpc) is 2.84. The maximum absolute atomic E-state index is 9.55. The topological polar surface area (TPSA) is 58.6 Å². The van der Waals surface area contributed by atoms with Gasteiger partial charge in [-0.15, -0.1) is 0 Å². The number of nitrogens with zero attached hydrogens (tertiary/aromatic N) is 2. The highest BCUT2D eigenvalue weighted by Gasteiger charge is 2.25. The Bertz CT molecular complexity index is 880. The predicted octanol–water partition coefficient (Wildman–Crippen LogP) is 4.54. The highest BCUT2D eigenvalue weighted by molar-refractivity contribution is 6.03. The first-order chi connectivity index (χ1) is 11.7. The van der Waals surface area contributed by atoms with Gasteiger partial charge in [-0.25, -0.2) is 4.99 Å². The first kappa shape index (κ1) is 14.7. The highest BCUT2D eigenvalue weighted by Crippen LogP contribution is 2.36. The van der Waals surface area contributed by atoms with E-state index in [0.29, 0.717) is 0 Å². The Morgan fingerprint density at radius 3 is 2.50 bits per heavy atom. The van der Waals surface area contributed by atoms with Gasteiger partial charge in [-0.1, -0.05) is 47.6 Å². The zero-order chi connectivity index (χ0) is 16.5. The first-order valence-corrected chi connectivity index (χ1v) is 8.08. The monoisotopic (exact) mass is 318 g/mol. The van der Waals surface area contributed by atoms with E-state index in [1.54, 1.807) is 12.1 Å². The van der Waals surface area contributed by atoms with Gasteiger partial charge in [0.05, 0.1) is 0 Å². The summed E-state index contributed by atoms with van der Waals surface area (Å²) in [4.78, 5) is 4.87. The number of aryl methyl sites for hydroxylation is 1. The summed E-state index contributed by atoms with van der Waals surface area (Å²) in [6.07, 6.45) is 1.57. The van der Waals surface area contributed by atoms with Gasteiger partial charge in [0, 0.05) is 12.1 Å². The quantitative estimate of drug-likeness (QED) is 0.754. The molecule has 0 bridgehead atoms. The Balaban J connectivity index is 1.80. The van der Waals surface area contributed by atoms with Crippen LogP contribution in [-0.2, 0) is 6.42 Å². The number of phenols is 1. The largest absolute Gasteiger partial charge is 0.508 e. The summed E-state index contributed by atoms with van der Waals surface area (Å²) >= 11 is 0. The number of benzene rings is 2. The van der Waals surface area contributed by atoms with Crippen LogP contribution in [-0.4, -0.2) is 16.0 Å². The molecule has 1 N–H and O–H groups in total. The van der Waals surface area contributed by atoms with E-state index in [-0.39, 0.29) is 11.7 Å². The second-order valence-electron chi connectivity index (χ2n) is 6.16. The van der Waals surface area contributed by atoms with Crippen LogP contribution in [0.3, 0.4) is 0 Å². The molecular weight excluding hydrogens is 300 g/mol. The fraction of sp³-hybridized carbons (Fsp3) is 0.200. The smallest absolute Gasteiger partial charge is 0.163 e. The van der Waals surface area contributed by atoms with E-state index in [1.165, 1.54) is 5.56 Å². The van der Waals surface area contributed by atoms with Crippen LogP contribution in [0.1, 0.15) is 34.9 Å². The molecule has 0 unspecified atom stereocenters. The normalized spacial score (nSPS) is 17.0. The first-order valence-electron chi connectivity index (χ1n) is 8.08. The van der Waals surface area contributed by atoms with E-state index in [9.17, 15) is 5.11 Å².